The van der Waals surface area contributed by atoms with Gasteiger partial charge in [0.1, 0.15) is 5.82 Å². The smallest absolute Gasteiger partial charge is 0.214 e. The fourth-order valence-corrected chi connectivity index (χ4v) is 9.07. The number of rotatable bonds is 10. The highest BCUT2D eigenvalue weighted by Crippen LogP contribution is 2.39. The number of hydrogen-bond acceptors (Lipinski definition) is 7. The Hall–Kier alpha value is -1.95. The highest BCUT2D eigenvalue weighted by molar-refractivity contribution is 7.89. The molecule has 1 aliphatic carbocycles. The monoisotopic (exact) mass is 620 g/mol. The Morgan fingerprint density at radius 3 is 2.64 bits per heavy atom. The van der Waals surface area contributed by atoms with Crippen molar-refractivity contribution in [2.45, 2.75) is 87.9 Å². The molecular weight excluding hydrogens is 579 g/mol. The predicted octanol–water partition coefficient (Wildman–Crippen LogP) is 4.00. The predicted molar refractivity (Wildman–Crippen MR) is 161 cm³/mol. The zero-order valence-corrected chi connectivity index (χ0v) is 25.8. The molecular formula is C31H42ClFN4O4S. The van der Waals surface area contributed by atoms with E-state index in [-0.39, 0.29) is 48.0 Å². The average Bonchev–Trinajstić information content (AvgIpc) is 3.10. The maximum Gasteiger partial charge on any atom is 0.214 e. The van der Waals surface area contributed by atoms with E-state index < -0.39 is 21.9 Å². The summed E-state index contributed by atoms with van der Waals surface area (Å²) in [6.45, 7) is 0.980. The Labute approximate surface area is 253 Å². The van der Waals surface area contributed by atoms with Gasteiger partial charge in [-0.1, -0.05) is 23.7 Å². The third kappa shape index (κ3) is 7.22. The molecule has 3 fully saturated rings. The molecule has 3 heterocycles. The molecule has 0 spiro atoms. The number of nitrogens with two attached hydrogens (primary N) is 1. The number of carbonyl (C=O) groups excluding carboxylic acids is 1. The summed E-state index contributed by atoms with van der Waals surface area (Å²) in [5.41, 5.74) is 8.63. The van der Waals surface area contributed by atoms with Crippen LogP contribution in [0.1, 0.15) is 67.6 Å². The molecule has 1 aromatic heterocycles. The van der Waals surface area contributed by atoms with Crippen molar-refractivity contribution in [3.05, 3.63) is 64.2 Å². The molecule has 2 bridgehead atoms. The topological polar surface area (TPSA) is 115 Å². The first-order chi connectivity index (χ1) is 20.2. The van der Waals surface area contributed by atoms with Crippen molar-refractivity contribution in [2.75, 3.05) is 26.0 Å². The number of piperazine rings is 1. The Bertz CT molecular complexity index is 1340. The zero-order valence-electron chi connectivity index (χ0n) is 24.2. The van der Waals surface area contributed by atoms with Gasteiger partial charge in [-0.15, -0.1) is 0 Å². The van der Waals surface area contributed by atoms with Crippen LogP contribution in [0.5, 0.6) is 0 Å². The lowest BCUT2D eigenvalue weighted by Crippen LogP contribution is -2.57. The largest absolute Gasteiger partial charge is 0.381 e. The lowest BCUT2D eigenvalue weighted by atomic mass is 9.71. The molecule has 5 rings (SSSR count). The summed E-state index contributed by atoms with van der Waals surface area (Å²) < 4.78 is 48.1. The number of fused-ring (bicyclic) bond motifs is 2. The molecule has 230 valence electrons. The number of pyridine rings is 1. The minimum Gasteiger partial charge on any atom is -0.381 e. The van der Waals surface area contributed by atoms with Gasteiger partial charge in [0, 0.05) is 55.8 Å². The Kier molecular flexibility index (Phi) is 10.3. The first kappa shape index (κ1) is 31.5. The van der Waals surface area contributed by atoms with Gasteiger partial charge in [-0.25, -0.2) is 12.8 Å². The van der Waals surface area contributed by atoms with Crippen LogP contribution in [0.4, 0.5) is 4.39 Å². The third-order valence-electron chi connectivity index (χ3n) is 9.52. The second-order valence-corrected chi connectivity index (χ2v) is 14.6. The van der Waals surface area contributed by atoms with Crippen LogP contribution >= 0.6 is 11.6 Å². The molecule has 3 N–H and O–H groups in total. The summed E-state index contributed by atoms with van der Waals surface area (Å²) in [4.78, 5) is 17.8. The van der Waals surface area contributed by atoms with Crippen LogP contribution in [0.3, 0.4) is 0 Å². The number of methoxy groups -OCH3 is 1. The van der Waals surface area contributed by atoms with E-state index in [9.17, 15) is 13.2 Å². The van der Waals surface area contributed by atoms with E-state index in [2.05, 4.69) is 10.3 Å². The van der Waals surface area contributed by atoms with Gasteiger partial charge in [0.05, 0.1) is 24.1 Å². The molecule has 5 atom stereocenters. The standard InChI is InChI=1S/C31H42ClFN4O4S/c1-41-26-11-6-21(7-12-26)30(20-4-8-23(32)9-5-20)31(34)29(38)15-22-16-35-18-28(33)27(22)13-10-25-17-36-24-3-2-14-42(39,40)37(25)19-24/h4-5,8-9,16,18,21,24-26,30-31,36H,2-3,6-7,10-15,17,19,34H2,1H3/t21?,24-,25+,26?,30+,31-/m1/s1. The Morgan fingerprint density at radius 2 is 1.93 bits per heavy atom. The minimum absolute atomic E-state index is 0.0359. The van der Waals surface area contributed by atoms with Crippen LogP contribution in [0, 0.1) is 11.7 Å². The summed E-state index contributed by atoms with van der Waals surface area (Å²) in [6.07, 6.45) is 8.72. The quantitative estimate of drug-likeness (QED) is 0.413. The van der Waals surface area contributed by atoms with Crippen molar-refractivity contribution < 1.29 is 22.3 Å². The van der Waals surface area contributed by atoms with Crippen LogP contribution in [0.2, 0.25) is 5.02 Å². The number of carbonyl (C=O) groups is 1. The maximum atomic E-state index is 15.2. The molecule has 1 unspecified atom stereocenters. The number of sulfonamides is 1. The van der Waals surface area contributed by atoms with Gasteiger partial charge in [-0.3, -0.25) is 9.78 Å². The van der Waals surface area contributed by atoms with E-state index in [1.807, 2.05) is 24.3 Å². The minimum atomic E-state index is -3.35. The number of halogens is 2. The van der Waals surface area contributed by atoms with Gasteiger partial charge >= 0.3 is 0 Å². The van der Waals surface area contributed by atoms with E-state index in [1.165, 1.54) is 0 Å². The van der Waals surface area contributed by atoms with Crippen LogP contribution in [0.25, 0.3) is 0 Å². The summed E-state index contributed by atoms with van der Waals surface area (Å²) in [5.74, 6) is -0.506. The molecule has 0 amide bonds. The number of nitrogens with one attached hydrogen (secondary N) is 1. The van der Waals surface area contributed by atoms with Crippen LogP contribution in [-0.2, 0) is 32.4 Å². The van der Waals surface area contributed by atoms with Crippen molar-refractivity contribution in [3.63, 3.8) is 0 Å². The van der Waals surface area contributed by atoms with Gasteiger partial charge in [-0.2, -0.15) is 4.31 Å². The third-order valence-corrected chi connectivity index (χ3v) is 11.7. The summed E-state index contributed by atoms with van der Waals surface area (Å²) in [7, 11) is -1.62. The fourth-order valence-electron chi connectivity index (χ4n) is 7.14. The number of benzene rings is 1. The first-order valence-corrected chi connectivity index (χ1v) is 17.1. The Morgan fingerprint density at radius 1 is 1.19 bits per heavy atom. The number of nitrogens with zero attached hydrogens (tertiary/aromatic N) is 2. The number of hydrogen-bond donors (Lipinski definition) is 2. The molecule has 8 nitrogen and oxygen atoms in total. The molecule has 42 heavy (non-hydrogen) atoms. The Balaban J connectivity index is 1.32. The van der Waals surface area contributed by atoms with Gasteiger partial charge in [0.15, 0.2) is 5.78 Å². The van der Waals surface area contributed by atoms with E-state index in [0.29, 0.717) is 48.5 Å². The molecule has 11 heteroatoms. The molecule has 1 saturated carbocycles. The molecule has 2 saturated heterocycles. The van der Waals surface area contributed by atoms with E-state index in [4.69, 9.17) is 22.1 Å². The lowest BCUT2D eigenvalue weighted by molar-refractivity contribution is -0.120. The van der Waals surface area contributed by atoms with Crippen LogP contribution in [-0.4, -0.2) is 73.7 Å². The highest BCUT2D eigenvalue weighted by atomic mass is 35.5. The number of ether oxygens (including phenoxy) is 1. The summed E-state index contributed by atoms with van der Waals surface area (Å²) in [6, 6.07) is 6.64. The SMILES string of the molecule is COC1CCC([C@H](c2ccc(Cl)cc2)[C@H](N)C(=O)Cc2cncc(F)c2CC[C@H]2CN[C@@H]3CCCS(=O)(=O)N2C3)CC1. The molecule has 0 radical (unpaired) electrons. The van der Waals surface area contributed by atoms with Crippen molar-refractivity contribution in [2.24, 2.45) is 11.7 Å². The normalized spacial score (nSPS) is 28.9. The van der Waals surface area contributed by atoms with Gasteiger partial charge < -0.3 is 15.8 Å². The highest BCUT2D eigenvalue weighted by Gasteiger charge is 2.39. The van der Waals surface area contributed by atoms with Crippen molar-refractivity contribution in [1.29, 1.82) is 0 Å². The second-order valence-electron chi connectivity index (χ2n) is 12.1. The van der Waals surface area contributed by atoms with E-state index in [0.717, 1.165) is 43.9 Å². The molecule has 1 aromatic carbocycles. The summed E-state index contributed by atoms with van der Waals surface area (Å²) in [5, 5.41) is 4.08. The van der Waals surface area contributed by atoms with Gasteiger partial charge in [0.2, 0.25) is 10.0 Å². The van der Waals surface area contributed by atoms with Gasteiger partial charge in [0.25, 0.3) is 0 Å². The van der Waals surface area contributed by atoms with E-state index >= 15 is 4.39 Å². The van der Waals surface area contributed by atoms with E-state index in [1.54, 1.807) is 17.6 Å². The van der Waals surface area contributed by atoms with Crippen molar-refractivity contribution in [1.82, 2.24) is 14.6 Å². The zero-order chi connectivity index (χ0) is 29.9. The molecule has 3 aliphatic rings. The second kappa shape index (κ2) is 13.8. The van der Waals surface area contributed by atoms with Crippen LogP contribution < -0.4 is 11.1 Å². The molecule has 2 aromatic rings. The number of aromatic nitrogens is 1. The fraction of sp³-hybridized carbons (Fsp3) is 0.613. The van der Waals surface area contributed by atoms with Crippen molar-refractivity contribution >= 4 is 27.4 Å². The summed E-state index contributed by atoms with van der Waals surface area (Å²) >= 11 is 6.16. The van der Waals surface area contributed by atoms with Gasteiger partial charge in [-0.05, 0) is 86.1 Å². The first-order valence-electron chi connectivity index (χ1n) is 15.1. The maximum absolute atomic E-state index is 15.2. The van der Waals surface area contributed by atoms with Crippen LogP contribution in [0.15, 0.2) is 36.7 Å². The number of Topliss-reactive ketones (excluding diaryl/α,β-unsaturated/α-hetero) is 1. The lowest BCUT2D eigenvalue weighted by Gasteiger charge is -2.37. The average molecular weight is 621 g/mol. The van der Waals surface area contributed by atoms with Crippen molar-refractivity contribution in [3.8, 4) is 0 Å². The number of ketones is 1. The molecule has 2 aliphatic heterocycles.